The van der Waals surface area contributed by atoms with Crippen LogP contribution in [0.4, 0.5) is 0 Å². The number of benzene rings is 1. The topological polar surface area (TPSA) is 61.4 Å². The predicted octanol–water partition coefficient (Wildman–Crippen LogP) is 4.33. The van der Waals surface area contributed by atoms with E-state index in [-0.39, 0.29) is 17.0 Å². The molecule has 2 atom stereocenters. The third-order valence-electron chi connectivity index (χ3n) is 4.37. The summed E-state index contributed by atoms with van der Waals surface area (Å²) in [7, 11) is 3.96. The molecule has 0 radical (unpaired) electrons. The summed E-state index contributed by atoms with van der Waals surface area (Å²) in [5.74, 6) is 0.144. The monoisotopic (exact) mass is 473 g/mol. The van der Waals surface area contributed by atoms with Crippen LogP contribution in [0, 0.1) is 0 Å². The van der Waals surface area contributed by atoms with Crippen molar-refractivity contribution in [2.75, 3.05) is 32.6 Å². The van der Waals surface area contributed by atoms with Crippen LogP contribution in [0.25, 0.3) is 0 Å². The van der Waals surface area contributed by atoms with Gasteiger partial charge >= 0.3 is 0 Å². The highest BCUT2D eigenvalue weighted by Crippen LogP contribution is 2.23. The van der Waals surface area contributed by atoms with Gasteiger partial charge in [0.2, 0.25) is 5.91 Å². The average Bonchev–Trinajstić information content (AvgIpc) is 3.18. The highest BCUT2D eigenvalue weighted by molar-refractivity contribution is 7.98. The lowest BCUT2D eigenvalue weighted by Crippen LogP contribution is -2.48. The zero-order valence-electron chi connectivity index (χ0n) is 16.6. The van der Waals surface area contributed by atoms with Crippen molar-refractivity contribution in [1.82, 2.24) is 15.5 Å². The number of halogens is 2. The molecule has 0 aliphatic carbocycles. The van der Waals surface area contributed by atoms with Gasteiger partial charge in [-0.25, -0.2) is 0 Å². The van der Waals surface area contributed by atoms with Crippen LogP contribution in [-0.4, -0.2) is 55.4 Å². The lowest BCUT2D eigenvalue weighted by atomic mass is 10.1. The van der Waals surface area contributed by atoms with Crippen LogP contribution in [0.2, 0.25) is 10.0 Å². The van der Waals surface area contributed by atoms with Gasteiger partial charge in [0.1, 0.15) is 6.04 Å². The maximum Gasteiger partial charge on any atom is 0.253 e. The molecule has 1 aromatic heterocycles. The minimum Gasteiger partial charge on any atom is -0.352 e. The summed E-state index contributed by atoms with van der Waals surface area (Å²) in [6, 6.07) is 8.14. The molecule has 0 bridgehead atoms. The molecule has 2 rings (SSSR count). The van der Waals surface area contributed by atoms with Gasteiger partial charge in [-0.2, -0.15) is 11.8 Å². The second-order valence-corrected chi connectivity index (χ2v) is 9.48. The number of hydrogen-bond donors (Lipinski definition) is 2. The first-order valence-electron chi connectivity index (χ1n) is 9.06. The molecule has 0 saturated carbocycles. The second kappa shape index (κ2) is 11.8. The number of amides is 2. The Kier molecular flexibility index (Phi) is 9.79. The number of hydrogen-bond acceptors (Lipinski definition) is 5. The predicted molar refractivity (Wildman–Crippen MR) is 124 cm³/mol. The maximum absolute atomic E-state index is 12.8. The van der Waals surface area contributed by atoms with Crippen LogP contribution >= 0.6 is 46.3 Å². The van der Waals surface area contributed by atoms with Crippen LogP contribution < -0.4 is 10.6 Å². The molecule has 0 saturated heterocycles. The molecule has 1 heterocycles. The van der Waals surface area contributed by atoms with Crippen LogP contribution in [0.15, 0.2) is 35.7 Å². The van der Waals surface area contributed by atoms with E-state index in [9.17, 15) is 9.59 Å². The summed E-state index contributed by atoms with van der Waals surface area (Å²) in [5, 5.41) is 8.53. The van der Waals surface area contributed by atoms with E-state index >= 15 is 0 Å². The number of carbonyl (C=O) groups excluding carboxylic acids is 2. The first-order valence-corrected chi connectivity index (χ1v) is 12.1. The number of carbonyl (C=O) groups is 2. The zero-order chi connectivity index (χ0) is 21.4. The van der Waals surface area contributed by atoms with Crippen molar-refractivity contribution in [2.45, 2.75) is 18.5 Å². The third kappa shape index (κ3) is 7.19. The van der Waals surface area contributed by atoms with Crippen LogP contribution in [0.1, 0.15) is 27.7 Å². The highest BCUT2D eigenvalue weighted by atomic mass is 35.5. The van der Waals surface area contributed by atoms with Gasteiger partial charge in [0.25, 0.3) is 5.91 Å². The zero-order valence-corrected chi connectivity index (χ0v) is 19.7. The summed E-state index contributed by atoms with van der Waals surface area (Å²) in [6.07, 6.45) is 2.49. The Hall–Kier alpha value is -1.25. The molecule has 2 aromatic rings. The normalized spacial score (nSPS) is 13.2. The molecular formula is C20H25Cl2N3O2S2. The summed E-state index contributed by atoms with van der Waals surface area (Å²) < 4.78 is 0. The largest absolute Gasteiger partial charge is 0.352 e. The van der Waals surface area contributed by atoms with Gasteiger partial charge in [0.15, 0.2) is 0 Å². The van der Waals surface area contributed by atoms with Crippen LogP contribution in [0.3, 0.4) is 0 Å². The van der Waals surface area contributed by atoms with Crippen LogP contribution in [-0.2, 0) is 4.79 Å². The molecule has 2 amide bonds. The van der Waals surface area contributed by atoms with E-state index in [2.05, 4.69) is 21.6 Å². The fourth-order valence-corrected chi connectivity index (χ4v) is 4.64. The van der Waals surface area contributed by atoms with Crippen molar-refractivity contribution >= 4 is 58.1 Å². The number of thiophene rings is 1. The number of nitrogens with zero attached hydrogens (tertiary/aromatic N) is 1. The number of likely N-dealkylation sites (N-methyl/N-ethyl adjacent to an activating group) is 1. The third-order valence-corrected chi connectivity index (χ3v) is 6.54. The molecule has 0 fully saturated rings. The molecular weight excluding hydrogens is 449 g/mol. The molecule has 0 aliphatic rings. The van der Waals surface area contributed by atoms with Crippen LogP contribution in [0.5, 0.6) is 0 Å². The molecule has 0 aliphatic heterocycles. The quantitative estimate of drug-likeness (QED) is 0.538. The fourth-order valence-electron chi connectivity index (χ4n) is 2.75. The van der Waals surface area contributed by atoms with Crippen molar-refractivity contribution in [3.05, 3.63) is 56.2 Å². The number of thioether (sulfide) groups is 1. The van der Waals surface area contributed by atoms with E-state index in [1.54, 1.807) is 35.2 Å². The Morgan fingerprint density at radius 3 is 2.59 bits per heavy atom. The maximum atomic E-state index is 12.8. The lowest BCUT2D eigenvalue weighted by molar-refractivity contribution is -0.123. The summed E-state index contributed by atoms with van der Waals surface area (Å²) in [5.41, 5.74) is 0.294. The Morgan fingerprint density at radius 2 is 2.00 bits per heavy atom. The SMILES string of the molecule is CSCC[C@H](NC(=O)c1ccc(Cl)cc1Cl)C(=O)NC[C@H](c1cccs1)N(C)C. The van der Waals surface area contributed by atoms with Crippen molar-refractivity contribution in [3.8, 4) is 0 Å². The average molecular weight is 474 g/mol. The molecule has 9 heteroatoms. The van der Waals surface area contributed by atoms with Gasteiger partial charge in [-0.05, 0) is 62.2 Å². The Balaban J connectivity index is 2.05. The minimum atomic E-state index is -0.646. The number of nitrogens with one attached hydrogen (secondary N) is 2. The van der Waals surface area contributed by atoms with Crippen molar-refractivity contribution < 1.29 is 9.59 Å². The second-order valence-electron chi connectivity index (χ2n) is 6.67. The van der Waals surface area contributed by atoms with Gasteiger partial charge in [0.05, 0.1) is 16.6 Å². The Bertz CT molecular complexity index is 816. The molecule has 0 unspecified atom stereocenters. The summed E-state index contributed by atoms with van der Waals surface area (Å²) >= 11 is 15.3. The van der Waals surface area contributed by atoms with Crippen molar-refractivity contribution in [1.29, 1.82) is 0 Å². The van der Waals surface area contributed by atoms with E-state index in [4.69, 9.17) is 23.2 Å². The van der Waals surface area contributed by atoms with Gasteiger partial charge < -0.3 is 15.5 Å². The highest BCUT2D eigenvalue weighted by Gasteiger charge is 2.24. The van der Waals surface area contributed by atoms with Gasteiger partial charge in [-0.15, -0.1) is 11.3 Å². The van der Waals surface area contributed by atoms with Crippen molar-refractivity contribution in [2.24, 2.45) is 0 Å². The Labute approximate surface area is 190 Å². The van der Waals surface area contributed by atoms with Gasteiger partial charge in [-0.1, -0.05) is 29.3 Å². The standard InChI is InChI=1S/C20H25Cl2N3O2S2/c1-25(2)17(18-5-4-9-29-18)12-23-20(27)16(8-10-28-3)24-19(26)14-7-6-13(21)11-15(14)22/h4-7,9,11,16-17H,8,10,12H2,1-3H3,(H,23,27)(H,24,26)/t16-,17+/m0/s1. The first kappa shape index (κ1) is 24.0. The van der Waals surface area contributed by atoms with E-state index in [0.29, 0.717) is 23.6 Å². The molecule has 5 nitrogen and oxygen atoms in total. The van der Waals surface area contributed by atoms with E-state index < -0.39 is 11.9 Å². The minimum absolute atomic E-state index is 0.0709. The summed E-state index contributed by atoms with van der Waals surface area (Å²) in [4.78, 5) is 28.7. The number of rotatable bonds is 10. The molecule has 1 aromatic carbocycles. The van der Waals surface area contributed by atoms with E-state index in [1.165, 1.54) is 10.9 Å². The van der Waals surface area contributed by atoms with Gasteiger partial charge in [0, 0.05) is 16.4 Å². The molecule has 0 spiro atoms. The summed E-state index contributed by atoms with van der Waals surface area (Å²) in [6.45, 7) is 0.458. The fraction of sp³-hybridized carbons (Fsp3) is 0.400. The van der Waals surface area contributed by atoms with Gasteiger partial charge in [-0.3, -0.25) is 9.59 Å². The molecule has 158 valence electrons. The van der Waals surface area contributed by atoms with Crippen molar-refractivity contribution in [3.63, 3.8) is 0 Å². The van der Waals surface area contributed by atoms with E-state index in [1.807, 2.05) is 31.8 Å². The van der Waals surface area contributed by atoms with E-state index in [0.717, 1.165) is 5.75 Å². The Morgan fingerprint density at radius 1 is 1.24 bits per heavy atom. The lowest BCUT2D eigenvalue weighted by Gasteiger charge is -2.25. The molecule has 29 heavy (non-hydrogen) atoms. The molecule has 2 N–H and O–H groups in total. The first-order chi connectivity index (χ1) is 13.8. The smallest absolute Gasteiger partial charge is 0.253 e.